The molecule has 9 nitrogen and oxygen atoms in total. The second kappa shape index (κ2) is 15.1. The van der Waals surface area contributed by atoms with Crippen LogP contribution in [-0.2, 0) is 14.3 Å². The summed E-state index contributed by atoms with van der Waals surface area (Å²) in [5, 5.41) is 0.821. The average molecular weight is 732 g/mol. The van der Waals surface area contributed by atoms with Crippen LogP contribution < -0.4 is 0 Å². The largest absolute Gasteiger partial charge is 0.381 e. The molecule has 0 aliphatic carbocycles. The molecule has 0 saturated carbocycles. The minimum absolute atomic E-state index is 0.0972. The number of ether oxygens (including phenoxy) is 1. The summed E-state index contributed by atoms with van der Waals surface area (Å²) in [7, 11) is 0. The summed E-state index contributed by atoms with van der Waals surface area (Å²) in [5.74, 6) is 3.34. The van der Waals surface area contributed by atoms with Gasteiger partial charge in [0.25, 0.3) is 0 Å². The SMILES string of the molecule is CC(C)CC(=O)N1C[C@@H](C)C[C@H]1c1nc(Cl)c(-c2ccc(-c3ccc(-c4[nH]c([C@@H]5C[C@H](C)CN5C(=O)CC5CCOCC5)nc4Cl)cc3)cc2)[nH]1. The van der Waals surface area contributed by atoms with Crippen LogP contribution in [0.4, 0.5) is 0 Å². The molecule has 51 heavy (non-hydrogen) atoms. The fourth-order valence-corrected chi connectivity index (χ4v) is 8.53. The normalized spacial score (nSPS) is 22.7. The number of hydrogen-bond donors (Lipinski definition) is 2. The number of carbonyl (C=O) groups excluding carboxylic acids is 2. The molecule has 3 aliphatic heterocycles. The maximum atomic E-state index is 13.4. The summed E-state index contributed by atoms with van der Waals surface area (Å²) in [6, 6.07) is 16.3. The molecule has 2 N–H and O–H groups in total. The third-order valence-corrected chi connectivity index (χ3v) is 11.3. The molecule has 4 aromatic rings. The van der Waals surface area contributed by atoms with Crippen molar-refractivity contribution in [2.75, 3.05) is 26.3 Å². The summed E-state index contributed by atoms with van der Waals surface area (Å²) < 4.78 is 5.49. The van der Waals surface area contributed by atoms with E-state index in [0.717, 1.165) is 97.3 Å². The Morgan fingerprint density at radius 2 is 1.18 bits per heavy atom. The Morgan fingerprint density at radius 1 is 0.745 bits per heavy atom. The number of nitrogens with one attached hydrogen (secondary N) is 2. The molecule has 3 saturated heterocycles. The maximum absolute atomic E-state index is 13.4. The van der Waals surface area contributed by atoms with E-state index in [4.69, 9.17) is 32.9 Å². The van der Waals surface area contributed by atoms with Crippen molar-refractivity contribution in [2.45, 2.75) is 78.3 Å². The number of amides is 2. The van der Waals surface area contributed by atoms with Gasteiger partial charge >= 0.3 is 0 Å². The zero-order chi connectivity index (χ0) is 35.8. The topological polar surface area (TPSA) is 107 Å². The average Bonchev–Trinajstić information content (AvgIpc) is 3.90. The van der Waals surface area contributed by atoms with E-state index in [1.54, 1.807) is 0 Å². The van der Waals surface area contributed by atoms with E-state index in [1.165, 1.54) is 0 Å². The van der Waals surface area contributed by atoms with Crippen molar-refractivity contribution in [1.29, 1.82) is 0 Å². The Morgan fingerprint density at radius 3 is 1.63 bits per heavy atom. The van der Waals surface area contributed by atoms with E-state index in [2.05, 4.69) is 66.9 Å². The lowest BCUT2D eigenvalue weighted by atomic mass is 9.96. The highest BCUT2D eigenvalue weighted by Gasteiger charge is 2.38. The fraction of sp³-hybridized carbons (Fsp3) is 0.500. The van der Waals surface area contributed by atoms with Crippen molar-refractivity contribution in [3.63, 3.8) is 0 Å². The van der Waals surface area contributed by atoms with E-state index in [-0.39, 0.29) is 23.9 Å². The van der Waals surface area contributed by atoms with Gasteiger partial charge in [0, 0.05) is 50.3 Å². The van der Waals surface area contributed by atoms with Gasteiger partial charge in [-0.05, 0) is 60.5 Å². The summed E-state index contributed by atoms with van der Waals surface area (Å²) in [6.45, 7) is 11.5. The molecule has 270 valence electrons. The number of aromatic nitrogens is 4. The molecule has 2 amide bonds. The van der Waals surface area contributed by atoms with Gasteiger partial charge in [0.2, 0.25) is 11.8 Å². The zero-order valence-corrected chi connectivity index (χ0v) is 31.4. The van der Waals surface area contributed by atoms with E-state index >= 15 is 0 Å². The van der Waals surface area contributed by atoms with Crippen LogP contribution in [0.3, 0.4) is 0 Å². The number of benzene rings is 2. The van der Waals surface area contributed by atoms with Crippen LogP contribution >= 0.6 is 23.2 Å². The summed E-state index contributed by atoms with van der Waals surface area (Å²) in [6.07, 6.45) is 4.70. The summed E-state index contributed by atoms with van der Waals surface area (Å²) >= 11 is 13.4. The van der Waals surface area contributed by atoms with Gasteiger partial charge < -0.3 is 24.5 Å². The van der Waals surface area contributed by atoms with Gasteiger partial charge in [-0.1, -0.05) is 99.4 Å². The molecule has 3 aliphatic rings. The minimum atomic E-state index is -0.108. The van der Waals surface area contributed by atoms with Crippen molar-refractivity contribution < 1.29 is 14.3 Å². The molecule has 5 heterocycles. The van der Waals surface area contributed by atoms with Crippen LogP contribution in [-0.4, -0.2) is 67.9 Å². The second-order valence-corrected chi connectivity index (χ2v) is 16.1. The van der Waals surface area contributed by atoms with Crippen molar-refractivity contribution in [3.05, 3.63) is 70.5 Å². The quantitative estimate of drug-likeness (QED) is 0.179. The predicted octanol–water partition coefficient (Wildman–Crippen LogP) is 9.12. The molecule has 3 fully saturated rings. The molecule has 0 radical (unpaired) electrons. The standard InChI is InChI=1S/C40H48Cl2N6O3/c1-23(2)17-33(49)47-21-24(3)18-31(47)39-43-35(37(41)45-39)29-9-5-27(6-10-29)28-7-11-30(12-8-28)36-38(42)46-40(44-36)32-19-25(4)22-48(32)34(50)20-26-13-15-51-16-14-26/h5-12,23-26,31-32H,13-22H2,1-4H3,(H,43,45)(H,44,46)/t24-,25-,31-,32-/m0/s1. The van der Waals surface area contributed by atoms with Crippen molar-refractivity contribution in [1.82, 2.24) is 29.7 Å². The Hall–Kier alpha value is -3.66. The molecule has 2 aromatic heterocycles. The van der Waals surface area contributed by atoms with Crippen molar-refractivity contribution >= 4 is 35.0 Å². The lowest BCUT2D eigenvalue weighted by molar-refractivity contribution is -0.134. The lowest BCUT2D eigenvalue weighted by Crippen LogP contribution is -2.33. The Labute approximate surface area is 310 Å². The van der Waals surface area contributed by atoms with Crippen LogP contribution in [0.1, 0.15) is 90.0 Å². The molecular weight excluding hydrogens is 683 g/mol. The number of carbonyl (C=O) groups is 2. The molecule has 0 unspecified atom stereocenters. The number of likely N-dealkylation sites (tertiary alicyclic amines) is 2. The first kappa shape index (κ1) is 35.7. The first-order valence-corrected chi connectivity index (χ1v) is 19.2. The molecule has 0 bridgehead atoms. The number of halogens is 2. The van der Waals surface area contributed by atoms with Gasteiger partial charge in [-0.25, -0.2) is 9.97 Å². The first-order chi connectivity index (χ1) is 24.5. The zero-order valence-electron chi connectivity index (χ0n) is 29.9. The van der Waals surface area contributed by atoms with E-state index < -0.39 is 0 Å². The highest BCUT2D eigenvalue weighted by Crippen LogP contribution is 2.40. The van der Waals surface area contributed by atoms with Crippen molar-refractivity contribution in [3.8, 4) is 33.6 Å². The van der Waals surface area contributed by atoms with E-state index in [0.29, 0.717) is 46.8 Å². The smallest absolute Gasteiger partial charge is 0.223 e. The molecule has 4 atom stereocenters. The van der Waals surface area contributed by atoms with E-state index in [1.807, 2.05) is 34.1 Å². The minimum Gasteiger partial charge on any atom is -0.381 e. The summed E-state index contributed by atoms with van der Waals surface area (Å²) in [5.41, 5.74) is 5.51. The van der Waals surface area contributed by atoms with Gasteiger partial charge in [0.05, 0.1) is 23.5 Å². The van der Waals surface area contributed by atoms with Gasteiger partial charge in [-0.2, -0.15) is 0 Å². The van der Waals surface area contributed by atoms with Crippen LogP contribution in [0.5, 0.6) is 0 Å². The van der Waals surface area contributed by atoms with Crippen LogP contribution in [0, 0.1) is 23.7 Å². The van der Waals surface area contributed by atoms with Crippen molar-refractivity contribution in [2.24, 2.45) is 23.7 Å². The highest BCUT2D eigenvalue weighted by molar-refractivity contribution is 6.32. The second-order valence-electron chi connectivity index (χ2n) is 15.4. The molecular formula is C40H48Cl2N6O3. The van der Waals surface area contributed by atoms with Gasteiger partial charge in [0.15, 0.2) is 10.3 Å². The Bertz CT molecular complexity index is 1850. The van der Waals surface area contributed by atoms with Gasteiger partial charge in [-0.15, -0.1) is 0 Å². The fourth-order valence-electron chi connectivity index (χ4n) is 8.04. The first-order valence-electron chi connectivity index (χ1n) is 18.4. The number of imidazole rings is 2. The third kappa shape index (κ3) is 7.76. The van der Waals surface area contributed by atoms with Crippen LogP contribution in [0.25, 0.3) is 33.6 Å². The predicted molar refractivity (Wildman–Crippen MR) is 201 cm³/mol. The monoisotopic (exact) mass is 730 g/mol. The maximum Gasteiger partial charge on any atom is 0.223 e. The molecule has 7 rings (SSSR count). The number of aromatic amines is 2. The van der Waals surface area contributed by atoms with Gasteiger partial charge in [0.1, 0.15) is 11.6 Å². The molecule has 11 heteroatoms. The van der Waals surface area contributed by atoms with Crippen LogP contribution in [0.15, 0.2) is 48.5 Å². The van der Waals surface area contributed by atoms with Crippen LogP contribution in [0.2, 0.25) is 10.3 Å². The highest BCUT2D eigenvalue weighted by atomic mass is 35.5. The van der Waals surface area contributed by atoms with E-state index in [9.17, 15) is 9.59 Å². The number of rotatable bonds is 9. The molecule has 0 spiro atoms. The Balaban J connectivity index is 1.04. The number of hydrogen-bond acceptors (Lipinski definition) is 5. The van der Waals surface area contributed by atoms with Gasteiger partial charge in [-0.3, -0.25) is 9.59 Å². The lowest BCUT2D eigenvalue weighted by Gasteiger charge is -2.27. The molecule has 2 aromatic carbocycles. The third-order valence-electron chi connectivity index (χ3n) is 10.7. The summed E-state index contributed by atoms with van der Waals surface area (Å²) in [4.78, 5) is 46.7. The number of nitrogens with zero attached hydrogens (tertiary/aromatic N) is 4. The number of H-pyrrole nitrogens is 2. The Kier molecular flexibility index (Phi) is 10.6.